The van der Waals surface area contributed by atoms with Gasteiger partial charge in [0.05, 0.1) is 14.2 Å². The van der Waals surface area contributed by atoms with Crippen LogP contribution in [0.2, 0.25) is 0 Å². The fourth-order valence-corrected chi connectivity index (χ4v) is 2.20. The van der Waals surface area contributed by atoms with Crippen LogP contribution in [0.5, 0.6) is 0 Å². The van der Waals surface area contributed by atoms with E-state index >= 15 is 0 Å². The molecule has 0 spiro atoms. The van der Waals surface area contributed by atoms with Gasteiger partial charge in [0.2, 0.25) is 0 Å². The summed E-state index contributed by atoms with van der Waals surface area (Å²) in [5, 5.41) is 0. The average Bonchev–Trinajstić information content (AvgIpc) is 3.06. The Kier molecular flexibility index (Phi) is 2.81. The number of carbonyl (C=O) groups is 2. The van der Waals surface area contributed by atoms with Crippen molar-refractivity contribution in [1.82, 2.24) is 0 Å². The van der Waals surface area contributed by atoms with Crippen molar-refractivity contribution in [2.24, 2.45) is 11.8 Å². The molecule has 4 nitrogen and oxygen atoms in total. The topological polar surface area (TPSA) is 52.6 Å². The molecular weight excluding hydrogens is 208 g/mol. The monoisotopic (exact) mass is 222 g/mol. The van der Waals surface area contributed by atoms with Gasteiger partial charge in [-0.05, 0) is 24.7 Å². The highest BCUT2D eigenvalue weighted by Gasteiger charge is 2.47. The minimum atomic E-state index is -0.285. The van der Waals surface area contributed by atoms with Gasteiger partial charge in [0, 0.05) is 11.1 Å². The normalized spacial score (nSPS) is 26.9. The van der Waals surface area contributed by atoms with E-state index in [9.17, 15) is 9.59 Å². The van der Waals surface area contributed by atoms with Gasteiger partial charge >= 0.3 is 11.9 Å². The first-order valence-corrected chi connectivity index (χ1v) is 5.25. The minimum Gasteiger partial charge on any atom is -0.466 e. The molecule has 2 aliphatic carbocycles. The zero-order valence-electron chi connectivity index (χ0n) is 9.36. The molecule has 0 aromatic rings. The lowest BCUT2D eigenvalue weighted by Crippen LogP contribution is -2.10. The predicted octanol–water partition coefficient (Wildman–Crippen LogP) is 1.22. The summed E-state index contributed by atoms with van der Waals surface area (Å²) >= 11 is 0. The van der Waals surface area contributed by atoms with E-state index in [1.165, 1.54) is 14.2 Å². The molecule has 0 aromatic carbocycles. The Morgan fingerprint density at radius 2 is 1.50 bits per heavy atom. The van der Waals surface area contributed by atoms with Crippen LogP contribution in [0, 0.1) is 11.8 Å². The van der Waals surface area contributed by atoms with Crippen LogP contribution in [-0.4, -0.2) is 26.2 Å². The van der Waals surface area contributed by atoms with Gasteiger partial charge < -0.3 is 9.47 Å². The first-order chi connectivity index (χ1) is 7.69. The maximum absolute atomic E-state index is 11.5. The van der Waals surface area contributed by atoms with Crippen LogP contribution in [0.3, 0.4) is 0 Å². The van der Waals surface area contributed by atoms with Crippen molar-refractivity contribution < 1.29 is 19.1 Å². The molecule has 0 amide bonds. The van der Waals surface area contributed by atoms with Crippen LogP contribution in [-0.2, 0) is 19.1 Å². The molecule has 0 heterocycles. The van der Waals surface area contributed by atoms with Gasteiger partial charge in [-0.3, -0.25) is 0 Å². The van der Waals surface area contributed by atoms with Crippen molar-refractivity contribution in [2.75, 3.05) is 14.2 Å². The SMILES string of the molecule is COC(=O)C1=CCC=C(C(=O)OC)[C@@H]2C[C@H]12. The highest BCUT2D eigenvalue weighted by Crippen LogP contribution is 2.50. The largest absolute Gasteiger partial charge is 0.466 e. The summed E-state index contributed by atoms with van der Waals surface area (Å²) in [5.41, 5.74) is 1.39. The van der Waals surface area contributed by atoms with E-state index in [0.29, 0.717) is 17.6 Å². The summed E-state index contributed by atoms with van der Waals surface area (Å²) in [7, 11) is 2.75. The first-order valence-electron chi connectivity index (χ1n) is 5.25. The lowest BCUT2D eigenvalue weighted by molar-refractivity contribution is -0.137. The van der Waals surface area contributed by atoms with Crippen molar-refractivity contribution in [3.8, 4) is 0 Å². The number of ether oxygens (including phenoxy) is 2. The van der Waals surface area contributed by atoms with E-state index < -0.39 is 0 Å². The van der Waals surface area contributed by atoms with Gasteiger partial charge in [0.25, 0.3) is 0 Å². The highest BCUT2D eigenvalue weighted by molar-refractivity contribution is 5.94. The van der Waals surface area contributed by atoms with E-state index in [1.54, 1.807) is 0 Å². The molecule has 0 unspecified atom stereocenters. The molecule has 2 aliphatic rings. The molecule has 4 heteroatoms. The summed E-state index contributed by atoms with van der Waals surface area (Å²) in [5.74, 6) is -0.292. The van der Waals surface area contributed by atoms with E-state index in [-0.39, 0.29) is 23.8 Å². The second-order valence-electron chi connectivity index (χ2n) is 3.99. The Balaban J connectivity index is 2.15. The van der Waals surface area contributed by atoms with Crippen molar-refractivity contribution in [2.45, 2.75) is 12.8 Å². The fraction of sp³-hybridized carbons (Fsp3) is 0.500. The second kappa shape index (κ2) is 4.12. The van der Waals surface area contributed by atoms with Gasteiger partial charge in [-0.1, -0.05) is 12.2 Å². The van der Waals surface area contributed by atoms with Crippen LogP contribution in [0.1, 0.15) is 12.8 Å². The molecule has 0 bridgehead atoms. The molecule has 86 valence electrons. The number of hydrogen-bond donors (Lipinski definition) is 0. The Morgan fingerprint density at radius 1 is 1.06 bits per heavy atom. The quantitative estimate of drug-likeness (QED) is 0.659. The van der Waals surface area contributed by atoms with E-state index in [0.717, 1.165) is 6.42 Å². The summed E-state index contributed by atoms with van der Waals surface area (Å²) in [6, 6.07) is 0. The van der Waals surface area contributed by atoms with Crippen LogP contribution < -0.4 is 0 Å². The summed E-state index contributed by atoms with van der Waals surface area (Å²) in [4.78, 5) is 22.9. The van der Waals surface area contributed by atoms with Crippen LogP contribution >= 0.6 is 0 Å². The number of hydrogen-bond acceptors (Lipinski definition) is 4. The molecule has 2 rings (SSSR count). The molecule has 0 radical (unpaired) electrons. The lowest BCUT2D eigenvalue weighted by Gasteiger charge is -2.03. The van der Waals surface area contributed by atoms with Gasteiger partial charge in [-0.15, -0.1) is 0 Å². The van der Waals surface area contributed by atoms with Gasteiger partial charge in [-0.2, -0.15) is 0 Å². The van der Waals surface area contributed by atoms with Gasteiger partial charge in [0.15, 0.2) is 0 Å². The second-order valence-corrected chi connectivity index (χ2v) is 3.99. The van der Waals surface area contributed by atoms with Crippen LogP contribution in [0.4, 0.5) is 0 Å². The van der Waals surface area contributed by atoms with Crippen LogP contribution in [0.15, 0.2) is 23.3 Å². The number of esters is 2. The Morgan fingerprint density at radius 3 is 1.88 bits per heavy atom. The van der Waals surface area contributed by atoms with Crippen molar-refractivity contribution in [3.05, 3.63) is 23.3 Å². The van der Waals surface area contributed by atoms with Crippen molar-refractivity contribution in [3.63, 3.8) is 0 Å². The van der Waals surface area contributed by atoms with E-state index in [4.69, 9.17) is 9.47 Å². The van der Waals surface area contributed by atoms with Crippen molar-refractivity contribution >= 4 is 11.9 Å². The Hall–Kier alpha value is -1.58. The molecular formula is C12H14O4. The number of rotatable bonds is 2. The van der Waals surface area contributed by atoms with Gasteiger partial charge in [0.1, 0.15) is 0 Å². The molecule has 1 saturated carbocycles. The lowest BCUT2D eigenvalue weighted by atomic mass is 10.1. The Bertz CT molecular complexity index is 356. The maximum Gasteiger partial charge on any atom is 0.333 e. The molecule has 0 aliphatic heterocycles. The number of fused-ring (bicyclic) bond motifs is 1. The Labute approximate surface area is 93.9 Å². The molecule has 0 aromatic heterocycles. The van der Waals surface area contributed by atoms with Gasteiger partial charge in [-0.25, -0.2) is 9.59 Å². The smallest absolute Gasteiger partial charge is 0.333 e. The standard InChI is InChI=1S/C12H14O4/c1-15-11(13)7-4-3-5-8(12(14)16-2)10-6-9(7)10/h4-5,9-10H,3,6H2,1-2H3/t9-,10+. The summed E-state index contributed by atoms with van der Waals surface area (Å²) < 4.78 is 9.44. The summed E-state index contributed by atoms with van der Waals surface area (Å²) in [6.07, 6.45) is 5.10. The van der Waals surface area contributed by atoms with E-state index in [1.807, 2.05) is 12.2 Å². The molecule has 16 heavy (non-hydrogen) atoms. The highest BCUT2D eigenvalue weighted by atomic mass is 16.5. The predicted molar refractivity (Wildman–Crippen MR) is 56.4 cm³/mol. The minimum absolute atomic E-state index is 0.139. The third-order valence-corrected chi connectivity index (χ3v) is 3.11. The molecule has 0 saturated heterocycles. The average molecular weight is 222 g/mol. The maximum atomic E-state index is 11.5. The van der Waals surface area contributed by atoms with E-state index in [2.05, 4.69) is 0 Å². The molecule has 0 N–H and O–H groups in total. The third-order valence-electron chi connectivity index (χ3n) is 3.11. The zero-order valence-corrected chi connectivity index (χ0v) is 9.36. The number of carbonyl (C=O) groups excluding carboxylic acids is 2. The molecule has 2 atom stereocenters. The fourth-order valence-electron chi connectivity index (χ4n) is 2.20. The molecule has 1 fully saturated rings. The number of methoxy groups -OCH3 is 2. The summed E-state index contributed by atoms with van der Waals surface area (Å²) in [6.45, 7) is 0. The third kappa shape index (κ3) is 1.75. The number of allylic oxidation sites excluding steroid dienone is 2. The zero-order chi connectivity index (χ0) is 11.7. The van der Waals surface area contributed by atoms with Crippen LogP contribution in [0.25, 0.3) is 0 Å². The van der Waals surface area contributed by atoms with Crippen molar-refractivity contribution in [1.29, 1.82) is 0 Å². The first kappa shape index (κ1) is 10.9.